The maximum Gasteiger partial charge on any atom is 0.248 e. The SMILES string of the molecule is CCN(CC)C(=O)C1CCN(S(=O)(=O)c2c(C)noc2C=Cc2cccs2)CC1. The van der Waals surface area contributed by atoms with Crippen molar-refractivity contribution in [3.8, 4) is 0 Å². The van der Waals surface area contributed by atoms with E-state index in [0.717, 1.165) is 4.88 Å². The van der Waals surface area contributed by atoms with Crippen LogP contribution in [0.3, 0.4) is 0 Å². The van der Waals surface area contributed by atoms with Crippen molar-refractivity contribution in [3.63, 3.8) is 0 Å². The van der Waals surface area contributed by atoms with Gasteiger partial charge < -0.3 is 9.42 Å². The predicted octanol–water partition coefficient (Wildman–Crippen LogP) is 3.48. The van der Waals surface area contributed by atoms with Gasteiger partial charge in [-0.3, -0.25) is 4.79 Å². The molecular formula is C20H27N3O4S2. The van der Waals surface area contributed by atoms with Crippen LogP contribution >= 0.6 is 11.3 Å². The fourth-order valence-corrected chi connectivity index (χ4v) is 5.95. The Balaban J connectivity index is 1.76. The molecule has 1 fully saturated rings. The van der Waals surface area contributed by atoms with Gasteiger partial charge in [-0.25, -0.2) is 8.42 Å². The van der Waals surface area contributed by atoms with E-state index in [0.29, 0.717) is 44.7 Å². The molecule has 7 nitrogen and oxygen atoms in total. The molecule has 2 aromatic rings. The first-order valence-corrected chi connectivity index (χ1v) is 12.2. The van der Waals surface area contributed by atoms with E-state index in [4.69, 9.17) is 4.52 Å². The standard InChI is InChI=1S/C20H27N3O4S2/c1-4-22(5-2)20(24)16-10-12-23(13-11-16)29(25,26)19-15(3)21-27-18(19)9-8-17-7-6-14-28-17/h6-9,14,16H,4-5,10-13H2,1-3H3. The molecule has 0 aromatic carbocycles. The van der Waals surface area contributed by atoms with E-state index in [1.54, 1.807) is 24.3 Å². The van der Waals surface area contributed by atoms with Crippen LogP contribution in [-0.2, 0) is 14.8 Å². The van der Waals surface area contributed by atoms with Crippen molar-refractivity contribution in [1.82, 2.24) is 14.4 Å². The molecule has 3 rings (SSSR count). The van der Waals surface area contributed by atoms with E-state index in [-0.39, 0.29) is 22.5 Å². The molecule has 1 saturated heterocycles. The van der Waals surface area contributed by atoms with Crippen molar-refractivity contribution < 1.29 is 17.7 Å². The van der Waals surface area contributed by atoms with Crippen LogP contribution in [0.25, 0.3) is 12.2 Å². The van der Waals surface area contributed by atoms with Gasteiger partial charge in [0.2, 0.25) is 15.9 Å². The summed E-state index contributed by atoms with van der Waals surface area (Å²) in [5.74, 6) is 0.230. The van der Waals surface area contributed by atoms with Gasteiger partial charge in [-0.15, -0.1) is 11.3 Å². The van der Waals surface area contributed by atoms with Gasteiger partial charge in [0.25, 0.3) is 0 Å². The topological polar surface area (TPSA) is 83.7 Å². The van der Waals surface area contributed by atoms with Crippen molar-refractivity contribution >= 4 is 39.4 Å². The minimum absolute atomic E-state index is 0.110. The summed E-state index contributed by atoms with van der Waals surface area (Å²) in [6.07, 6.45) is 4.52. The Kier molecular flexibility index (Phi) is 6.92. The molecule has 158 valence electrons. The molecule has 0 unspecified atom stereocenters. The largest absolute Gasteiger partial charge is 0.355 e. The Labute approximate surface area is 176 Å². The first kappa shape index (κ1) is 21.7. The van der Waals surface area contributed by atoms with Gasteiger partial charge in [0.15, 0.2) is 10.7 Å². The number of hydrogen-bond donors (Lipinski definition) is 0. The number of aromatic nitrogens is 1. The monoisotopic (exact) mass is 437 g/mol. The van der Waals surface area contributed by atoms with E-state index >= 15 is 0 Å². The zero-order chi connectivity index (χ0) is 21.0. The maximum absolute atomic E-state index is 13.3. The number of carbonyl (C=O) groups excluding carboxylic acids is 1. The number of sulfonamides is 1. The molecule has 3 heterocycles. The third-order valence-electron chi connectivity index (χ3n) is 5.25. The van der Waals surface area contributed by atoms with E-state index in [1.165, 1.54) is 4.31 Å². The number of carbonyl (C=O) groups is 1. The molecular weight excluding hydrogens is 410 g/mol. The summed E-state index contributed by atoms with van der Waals surface area (Å²) in [5.41, 5.74) is 0.345. The Hall–Kier alpha value is -1.97. The van der Waals surface area contributed by atoms with Gasteiger partial charge >= 0.3 is 0 Å². The van der Waals surface area contributed by atoms with Gasteiger partial charge in [0.05, 0.1) is 0 Å². The normalized spacial score (nSPS) is 16.5. The highest BCUT2D eigenvalue weighted by atomic mass is 32.2. The van der Waals surface area contributed by atoms with E-state index in [9.17, 15) is 13.2 Å². The lowest BCUT2D eigenvalue weighted by Crippen LogP contribution is -2.44. The highest BCUT2D eigenvalue weighted by Crippen LogP contribution is 2.30. The van der Waals surface area contributed by atoms with Crippen molar-refractivity contribution in [2.45, 2.75) is 38.5 Å². The first-order chi connectivity index (χ1) is 13.9. The summed E-state index contributed by atoms with van der Waals surface area (Å²) in [5, 5.41) is 5.83. The zero-order valence-electron chi connectivity index (χ0n) is 17.0. The number of nitrogens with zero attached hydrogens (tertiary/aromatic N) is 3. The summed E-state index contributed by atoms with van der Waals surface area (Å²) in [4.78, 5) is 15.5. The molecule has 0 aliphatic carbocycles. The molecule has 0 saturated carbocycles. The van der Waals surface area contributed by atoms with Crippen molar-refractivity contribution in [2.75, 3.05) is 26.2 Å². The lowest BCUT2D eigenvalue weighted by Gasteiger charge is -2.33. The highest BCUT2D eigenvalue weighted by molar-refractivity contribution is 7.89. The Morgan fingerprint density at radius 1 is 1.31 bits per heavy atom. The lowest BCUT2D eigenvalue weighted by atomic mass is 9.96. The van der Waals surface area contributed by atoms with Crippen LogP contribution in [-0.4, -0.2) is 54.9 Å². The Bertz CT molecular complexity index is 952. The molecule has 1 amide bonds. The summed E-state index contributed by atoms with van der Waals surface area (Å²) in [6, 6.07) is 3.87. The molecule has 1 aliphatic heterocycles. The first-order valence-electron chi connectivity index (χ1n) is 9.85. The minimum Gasteiger partial charge on any atom is -0.355 e. The van der Waals surface area contributed by atoms with E-state index in [2.05, 4.69) is 5.16 Å². The van der Waals surface area contributed by atoms with E-state index < -0.39 is 10.0 Å². The van der Waals surface area contributed by atoms with Gasteiger partial charge in [0.1, 0.15) is 5.69 Å². The van der Waals surface area contributed by atoms with E-state index in [1.807, 2.05) is 42.3 Å². The van der Waals surface area contributed by atoms with Crippen LogP contribution in [0.2, 0.25) is 0 Å². The van der Waals surface area contributed by atoms with Gasteiger partial charge in [-0.05, 0) is 57.2 Å². The van der Waals surface area contributed by atoms with Crippen LogP contribution in [0.5, 0.6) is 0 Å². The van der Waals surface area contributed by atoms with Crippen LogP contribution in [0.4, 0.5) is 0 Å². The number of amides is 1. The fourth-order valence-electron chi connectivity index (χ4n) is 3.61. The summed E-state index contributed by atoms with van der Waals surface area (Å²) < 4.78 is 33.3. The predicted molar refractivity (Wildman–Crippen MR) is 114 cm³/mol. The van der Waals surface area contributed by atoms with Crippen LogP contribution in [0.15, 0.2) is 26.9 Å². The number of piperidine rings is 1. The molecule has 2 aromatic heterocycles. The zero-order valence-corrected chi connectivity index (χ0v) is 18.6. The van der Waals surface area contributed by atoms with Crippen molar-refractivity contribution in [2.24, 2.45) is 5.92 Å². The third kappa shape index (κ3) is 4.62. The van der Waals surface area contributed by atoms with Crippen LogP contribution < -0.4 is 0 Å². The average Bonchev–Trinajstić information content (AvgIpc) is 3.37. The molecule has 1 aliphatic rings. The second kappa shape index (κ2) is 9.23. The number of aryl methyl sites for hydroxylation is 1. The van der Waals surface area contributed by atoms with Crippen LogP contribution in [0, 0.1) is 12.8 Å². The molecule has 0 radical (unpaired) electrons. The van der Waals surface area contributed by atoms with Gasteiger partial charge in [-0.1, -0.05) is 11.2 Å². The molecule has 9 heteroatoms. The Morgan fingerprint density at radius 2 is 2.00 bits per heavy atom. The number of thiophene rings is 1. The van der Waals surface area contributed by atoms with Crippen molar-refractivity contribution in [3.05, 3.63) is 33.8 Å². The third-order valence-corrected chi connectivity index (χ3v) is 8.15. The second-order valence-electron chi connectivity index (χ2n) is 7.00. The minimum atomic E-state index is -3.75. The average molecular weight is 438 g/mol. The second-order valence-corrected chi connectivity index (χ2v) is 9.85. The molecule has 29 heavy (non-hydrogen) atoms. The van der Waals surface area contributed by atoms with Gasteiger partial charge in [0, 0.05) is 37.0 Å². The smallest absolute Gasteiger partial charge is 0.248 e. The number of hydrogen-bond acceptors (Lipinski definition) is 6. The van der Waals surface area contributed by atoms with Crippen LogP contribution in [0.1, 0.15) is 43.0 Å². The molecule has 0 bridgehead atoms. The summed E-state index contributed by atoms with van der Waals surface area (Å²) in [7, 11) is -3.75. The fraction of sp³-hybridized carbons (Fsp3) is 0.500. The lowest BCUT2D eigenvalue weighted by molar-refractivity contribution is -0.136. The molecule has 0 atom stereocenters. The summed E-state index contributed by atoms with van der Waals surface area (Å²) in [6.45, 7) is 7.54. The number of rotatable bonds is 7. The molecule has 0 N–H and O–H groups in total. The van der Waals surface area contributed by atoms with Crippen molar-refractivity contribution in [1.29, 1.82) is 0 Å². The van der Waals surface area contributed by atoms with Gasteiger partial charge in [-0.2, -0.15) is 4.31 Å². The molecule has 0 spiro atoms. The quantitative estimate of drug-likeness (QED) is 0.662. The summed E-state index contributed by atoms with van der Waals surface area (Å²) >= 11 is 1.55. The highest BCUT2D eigenvalue weighted by Gasteiger charge is 2.36. The Morgan fingerprint density at radius 3 is 2.59 bits per heavy atom. The maximum atomic E-state index is 13.3.